The summed E-state index contributed by atoms with van der Waals surface area (Å²) in [7, 11) is 0. The van der Waals surface area contributed by atoms with Gasteiger partial charge in [-0.05, 0) is 43.2 Å². The minimum Gasteiger partial charge on any atom is -0.325 e. The lowest BCUT2D eigenvalue weighted by Crippen LogP contribution is -2.33. The zero-order valence-electron chi connectivity index (χ0n) is 12.8. The van der Waals surface area contributed by atoms with Gasteiger partial charge in [-0.2, -0.15) is 0 Å². The first kappa shape index (κ1) is 15.6. The lowest BCUT2D eigenvalue weighted by atomic mass is 10.1. The summed E-state index contributed by atoms with van der Waals surface area (Å²) < 4.78 is 0. The number of carbonyl (C=O) groups is 2. The molecule has 1 saturated heterocycles. The Balaban J connectivity index is 1.76. The predicted molar refractivity (Wildman–Crippen MR) is 91.7 cm³/mol. The van der Waals surface area contributed by atoms with Gasteiger partial charge in [0.2, 0.25) is 11.8 Å². The summed E-state index contributed by atoms with van der Waals surface area (Å²) in [4.78, 5) is 26.6. The number of halogens is 1. The maximum absolute atomic E-state index is 12.6. The number of hydrogen-bond acceptors (Lipinski definition) is 2. The van der Waals surface area contributed by atoms with Gasteiger partial charge >= 0.3 is 0 Å². The summed E-state index contributed by atoms with van der Waals surface area (Å²) in [5.41, 5.74) is 2.33. The Hall–Kier alpha value is -2.33. The fourth-order valence-electron chi connectivity index (χ4n) is 2.80. The number of hydrogen-bond donors (Lipinski definition) is 1. The van der Waals surface area contributed by atoms with E-state index in [9.17, 15) is 9.59 Å². The molecule has 1 aliphatic rings. The Morgan fingerprint density at radius 2 is 1.91 bits per heavy atom. The van der Waals surface area contributed by atoms with Gasteiger partial charge in [0, 0.05) is 22.9 Å². The van der Waals surface area contributed by atoms with Gasteiger partial charge in [0.15, 0.2) is 0 Å². The predicted octanol–water partition coefficient (Wildman–Crippen LogP) is 3.64. The monoisotopic (exact) mass is 328 g/mol. The van der Waals surface area contributed by atoms with Crippen molar-refractivity contribution in [3.8, 4) is 0 Å². The summed E-state index contributed by atoms with van der Waals surface area (Å²) in [5.74, 6) is -1.10. The summed E-state index contributed by atoms with van der Waals surface area (Å²) in [6.07, 6.45) is 0.503. The zero-order valence-corrected chi connectivity index (χ0v) is 13.5. The third-order valence-electron chi connectivity index (χ3n) is 4.09. The van der Waals surface area contributed by atoms with Crippen LogP contribution < -0.4 is 10.2 Å². The van der Waals surface area contributed by atoms with Gasteiger partial charge in [-0.25, -0.2) is 0 Å². The summed E-state index contributed by atoms with van der Waals surface area (Å²) >= 11 is 6.13. The van der Waals surface area contributed by atoms with E-state index in [2.05, 4.69) is 5.32 Å². The Morgan fingerprint density at radius 3 is 2.65 bits per heavy atom. The summed E-state index contributed by atoms with van der Waals surface area (Å²) in [6, 6.07) is 14.6. The second-order valence-electron chi connectivity index (χ2n) is 5.57. The van der Waals surface area contributed by atoms with E-state index in [1.54, 1.807) is 23.1 Å². The van der Waals surface area contributed by atoms with Gasteiger partial charge in [0.05, 0.1) is 0 Å². The van der Waals surface area contributed by atoms with Crippen LogP contribution >= 0.6 is 11.6 Å². The fraction of sp³-hybridized carbons (Fsp3) is 0.222. The van der Waals surface area contributed by atoms with Crippen LogP contribution in [0, 0.1) is 12.8 Å². The van der Waals surface area contributed by atoms with Crippen molar-refractivity contribution in [1.29, 1.82) is 0 Å². The SMILES string of the molecule is Cc1c(Cl)cccc1N1CCC(C(=O)Nc2ccccc2)C1=O. The number of nitrogens with one attached hydrogen (secondary N) is 1. The van der Waals surface area contributed by atoms with E-state index >= 15 is 0 Å². The molecule has 0 aliphatic carbocycles. The van der Waals surface area contributed by atoms with Crippen LogP contribution in [-0.2, 0) is 9.59 Å². The summed E-state index contributed by atoms with van der Waals surface area (Å²) in [5, 5.41) is 3.42. The van der Waals surface area contributed by atoms with E-state index < -0.39 is 5.92 Å². The molecular formula is C18H17ClN2O2. The third-order valence-corrected chi connectivity index (χ3v) is 4.50. The molecule has 2 aromatic carbocycles. The van der Waals surface area contributed by atoms with Crippen molar-refractivity contribution in [1.82, 2.24) is 0 Å². The number of anilines is 2. The van der Waals surface area contributed by atoms with Crippen LogP contribution in [0.1, 0.15) is 12.0 Å². The highest BCUT2D eigenvalue weighted by atomic mass is 35.5. The first-order valence-corrected chi connectivity index (χ1v) is 7.88. The topological polar surface area (TPSA) is 49.4 Å². The lowest BCUT2D eigenvalue weighted by molar-refractivity contribution is -0.129. The summed E-state index contributed by atoms with van der Waals surface area (Å²) in [6.45, 7) is 2.40. The molecule has 1 N–H and O–H groups in total. The van der Waals surface area contributed by atoms with Crippen molar-refractivity contribution in [3.63, 3.8) is 0 Å². The van der Waals surface area contributed by atoms with E-state index in [1.807, 2.05) is 37.3 Å². The van der Waals surface area contributed by atoms with Crippen molar-refractivity contribution in [2.75, 3.05) is 16.8 Å². The largest absolute Gasteiger partial charge is 0.325 e. The van der Waals surface area contributed by atoms with Crippen LogP contribution in [0.5, 0.6) is 0 Å². The molecule has 4 nitrogen and oxygen atoms in total. The molecule has 1 atom stereocenters. The lowest BCUT2D eigenvalue weighted by Gasteiger charge is -2.19. The molecule has 1 unspecified atom stereocenters. The second-order valence-corrected chi connectivity index (χ2v) is 5.98. The molecular weight excluding hydrogens is 312 g/mol. The smallest absolute Gasteiger partial charge is 0.239 e. The van der Waals surface area contributed by atoms with Crippen LogP contribution in [0.3, 0.4) is 0 Å². The normalized spacial score (nSPS) is 17.4. The maximum atomic E-state index is 12.6. The minimum atomic E-state index is -0.659. The Labute approximate surface area is 140 Å². The second kappa shape index (κ2) is 6.42. The molecule has 2 amide bonds. The van der Waals surface area contributed by atoms with Gasteiger partial charge in [-0.3, -0.25) is 9.59 Å². The van der Waals surface area contributed by atoms with Crippen LogP contribution in [0.4, 0.5) is 11.4 Å². The van der Waals surface area contributed by atoms with Crippen LogP contribution in [0.2, 0.25) is 5.02 Å². The van der Waals surface area contributed by atoms with Gasteiger partial charge in [-0.15, -0.1) is 0 Å². The number of carbonyl (C=O) groups excluding carboxylic acids is 2. The Morgan fingerprint density at radius 1 is 1.17 bits per heavy atom. The molecule has 2 aromatic rings. The highest BCUT2D eigenvalue weighted by Gasteiger charge is 2.38. The van der Waals surface area contributed by atoms with Gasteiger partial charge in [0.1, 0.15) is 5.92 Å². The van der Waals surface area contributed by atoms with Gasteiger partial charge < -0.3 is 10.2 Å². The molecule has 3 rings (SSSR count). The minimum absolute atomic E-state index is 0.177. The van der Waals surface area contributed by atoms with E-state index in [0.717, 1.165) is 11.3 Å². The molecule has 1 heterocycles. The van der Waals surface area contributed by atoms with Crippen LogP contribution in [-0.4, -0.2) is 18.4 Å². The van der Waals surface area contributed by atoms with Crippen molar-refractivity contribution < 1.29 is 9.59 Å². The maximum Gasteiger partial charge on any atom is 0.239 e. The average molecular weight is 329 g/mol. The highest BCUT2D eigenvalue weighted by molar-refractivity contribution is 6.31. The molecule has 1 fully saturated rings. The Kier molecular flexibility index (Phi) is 4.35. The molecule has 0 saturated carbocycles. The molecule has 0 aromatic heterocycles. The van der Waals surface area contributed by atoms with Crippen molar-refractivity contribution in [3.05, 3.63) is 59.1 Å². The van der Waals surface area contributed by atoms with E-state index in [-0.39, 0.29) is 11.8 Å². The molecule has 118 valence electrons. The average Bonchev–Trinajstić information content (AvgIpc) is 2.93. The number of para-hydroxylation sites is 1. The van der Waals surface area contributed by atoms with Crippen LogP contribution in [0.15, 0.2) is 48.5 Å². The van der Waals surface area contributed by atoms with E-state index in [4.69, 9.17) is 11.6 Å². The van der Waals surface area contributed by atoms with Crippen molar-refractivity contribution >= 4 is 34.8 Å². The fourth-order valence-corrected chi connectivity index (χ4v) is 2.97. The van der Waals surface area contributed by atoms with Gasteiger partial charge in [0.25, 0.3) is 0 Å². The molecule has 5 heteroatoms. The van der Waals surface area contributed by atoms with E-state index in [1.165, 1.54) is 0 Å². The van der Waals surface area contributed by atoms with E-state index in [0.29, 0.717) is 23.7 Å². The highest BCUT2D eigenvalue weighted by Crippen LogP contribution is 2.31. The zero-order chi connectivity index (χ0) is 16.4. The quantitative estimate of drug-likeness (QED) is 0.874. The Bertz CT molecular complexity index is 746. The standard InChI is InChI=1S/C18H17ClN2O2/c1-12-15(19)8-5-9-16(12)21-11-10-14(18(21)23)17(22)20-13-6-3-2-4-7-13/h2-9,14H,10-11H2,1H3,(H,20,22). The first-order chi connectivity index (χ1) is 11.1. The third kappa shape index (κ3) is 3.08. The number of benzene rings is 2. The molecule has 0 bridgehead atoms. The molecule has 0 spiro atoms. The first-order valence-electron chi connectivity index (χ1n) is 7.50. The number of amides is 2. The van der Waals surface area contributed by atoms with Gasteiger partial charge in [-0.1, -0.05) is 35.9 Å². The number of rotatable bonds is 3. The molecule has 1 aliphatic heterocycles. The van der Waals surface area contributed by atoms with Crippen molar-refractivity contribution in [2.24, 2.45) is 5.92 Å². The van der Waals surface area contributed by atoms with Crippen molar-refractivity contribution in [2.45, 2.75) is 13.3 Å². The number of nitrogens with zero attached hydrogens (tertiary/aromatic N) is 1. The van der Waals surface area contributed by atoms with Crippen LogP contribution in [0.25, 0.3) is 0 Å². The molecule has 0 radical (unpaired) electrons. The molecule has 23 heavy (non-hydrogen) atoms.